The van der Waals surface area contributed by atoms with Crippen molar-refractivity contribution in [1.29, 1.82) is 0 Å². The summed E-state index contributed by atoms with van der Waals surface area (Å²) < 4.78 is 5.04. The van der Waals surface area contributed by atoms with E-state index in [0.717, 1.165) is 30.5 Å². The number of rotatable bonds is 4. The van der Waals surface area contributed by atoms with Crippen LogP contribution in [0.3, 0.4) is 0 Å². The lowest BCUT2D eigenvalue weighted by Gasteiger charge is -2.06. The SMILES string of the molecule is CSc1nc2ccc3nc(NC(=O)c4cc(C)n(C(C)C)n4)sc3c2s1. The maximum absolute atomic E-state index is 12.6. The Morgan fingerprint density at radius 2 is 1.88 bits per heavy atom. The van der Waals surface area contributed by atoms with Crippen molar-refractivity contribution in [2.24, 2.45) is 0 Å². The molecule has 4 aromatic rings. The van der Waals surface area contributed by atoms with Crippen LogP contribution in [0, 0.1) is 6.92 Å². The number of fused-ring (bicyclic) bond motifs is 3. The van der Waals surface area contributed by atoms with Crippen LogP contribution in [0.4, 0.5) is 5.13 Å². The molecule has 0 radical (unpaired) electrons. The van der Waals surface area contributed by atoms with E-state index in [0.29, 0.717) is 10.8 Å². The molecule has 0 unspecified atom stereocenters. The highest BCUT2D eigenvalue weighted by Gasteiger charge is 2.17. The molecule has 0 aliphatic rings. The molecular weight excluding hydrogens is 386 g/mol. The number of aromatic nitrogens is 4. The number of thiazole rings is 2. The van der Waals surface area contributed by atoms with Gasteiger partial charge in [0.05, 0.1) is 20.4 Å². The molecule has 0 fully saturated rings. The van der Waals surface area contributed by atoms with E-state index in [1.807, 2.05) is 43.8 Å². The van der Waals surface area contributed by atoms with Crippen molar-refractivity contribution in [3.63, 3.8) is 0 Å². The van der Waals surface area contributed by atoms with E-state index in [4.69, 9.17) is 0 Å². The Bertz CT molecular complexity index is 1120. The summed E-state index contributed by atoms with van der Waals surface area (Å²) in [6.07, 6.45) is 2.02. The number of aryl methyl sites for hydroxylation is 1. The summed E-state index contributed by atoms with van der Waals surface area (Å²) in [7, 11) is 0. The van der Waals surface area contributed by atoms with E-state index >= 15 is 0 Å². The molecule has 3 heterocycles. The number of carbonyl (C=O) groups excluding carboxylic acids is 1. The van der Waals surface area contributed by atoms with Crippen LogP contribution in [0.2, 0.25) is 0 Å². The van der Waals surface area contributed by atoms with Crippen molar-refractivity contribution < 1.29 is 4.79 Å². The number of amides is 1. The van der Waals surface area contributed by atoms with Crippen molar-refractivity contribution >= 4 is 65.9 Å². The molecule has 0 aliphatic heterocycles. The minimum absolute atomic E-state index is 0.212. The average molecular weight is 404 g/mol. The lowest BCUT2D eigenvalue weighted by molar-refractivity contribution is 0.102. The summed E-state index contributed by atoms with van der Waals surface area (Å²) in [6.45, 7) is 6.03. The van der Waals surface area contributed by atoms with E-state index in [-0.39, 0.29) is 11.9 Å². The predicted octanol–water partition coefficient (Wildman–Crippen LogP) is 4.97. The molecule has 0 atom stereocenters. The van der Waals surface area contributed by atoms with Gasteiger partial charge in [-0.25, -0.2) is 9.97 Å². The zero-order chi connectivity index (χ0) is 18.4. The first-order valence-electron chi connectivity index (χ1n) is 8.08. The van der Waals surface area contributed by atoms with Gasteiger partial charge in [0.25, 0.3) is 5.91 Å². The first-order chi connectivity index (χ1) is 12.5. The van der Waals surface area contributed by atoms with Gasteiger partial charge in [-0.3, -0.25) is 14.8 Å². The standard InChI is InChI=1S/C17H17N5OS3/c1-8(2)22-9(3)7-12(21-22)15(23)20-16-18-10-5-6-11-14(13(10)25-16)26-17(19-11)24-4/h5-8H,1-4H3,(H,18,20,23). The molecule has 1 aromatic carbocycles. The molecule has 0 saturated heterocycles. The smallest absolute Gasteiger partial charge is 0.277 e. The zero-order valence-electron chi connectivity index (χ0n) is 14.7. The molecule has 4 rings (SSSR count). The summed E-state index contributed by atoms with van der Waals surface area (Å²) in [6, 6.07) is 5.94. The Morgan fingerprint density at radius 1 is 1.19 bits per heavy atom. The summed E-state index contributed by atoms with van der Waals surface area (Å²) in [5.74, 6) is -0.239. The third kappa shape index (κ3) is 3.00. The highest BCUT2D eigenvalue weighted by Crippen LogP contribution is 2.38. The molecule has 0 aliphatic carbocycles. The molecule has 3 aromatic heterocycles. The van der Waals surface area contributed by atoms with E-state index in [1.54, 1.807) is 29.2 Å². The average Bonchev–Trinajstić information content (AvgIpc) is 3.28. The number of thioether (sulfide) groups is 1. The zero-order valence-corrected chi connectivity index (χ0v) is 17.2. The second kappa shape index (κ2) is 6.64. The van der Waals surface area contributed by atoms with Gasteiger partial charge in [-0.2, -0.15) is 5.10 Å². The number of benzene rings is 1. The van der Waals surface area contributed by atoms with Gasteiger partial charge < -0.3 is 0 Å². The lowest BCUT2D eigenvalue weighted by atomic mass is 10.3. The molecule has 0 spiro atoms. The number of nitrogens with one attached hydrogen (secondary N) is 1. The van der Waals surface area contributed by atoms with Crippen LogP contribution in [0.5, 0.6) is 0 Å². The number of hydrogen-bond acceptors (Lipinski definition) is 7. The quantitative estimate of drug-likeness (QED) is 0.487. The van der Waals surface area contributed by atoms with Gasteiger partial charge in [0.2, 0.25) is 0 Å². The third-order valence-electron chi connectivity index (χ3n) is 3.93. The van der Waals surface area contributed by atoms with E-state index in [1.165, 1.54) is 11.3 Å². The fraction of sp³-hybridized carbons (Fsp3) is 0.294. The molecule has 1 N–H and O–H groups in total. The number of nitrogens with zero attached hydrogens (tertiary/aromatic N) is 4. The maximum Gasteiger partial charge on any atom is 0.277 e. The Kier molecular flexibility index (Phi) is 4.45. The predicted molar refractivity (Wildman–Crippen MR) is 110 cm³/mol. The number of carbonyl (C=O) groups is 1. The number of anilines is 1. The minimum Gasteiger partial charge on any atom is -0.296 e. The summed E-state index contributed by atoms with van der Waals surface area (Å²) >= 11 is 4.77. The van der Waals surface area contributed by atoms with Crippen molar-refractivity contribution in [3.8, 4) is 0 Å². The molecular formula is C17H17N5OS3. The molecule has 1 amide bonds. The lowest BCUT2D eigenvalue weighted by Crippen LogP contribution is -2.13. The highest BCUT2D eigenvalue weighted by molar-refractivity contribution is 8.00. The van der Waals surface area contributed by atoms with Crippen molar-refractivity contribution in [3.05, 3.63) is 29.6 Å². The largest absolute Gasteiger partial charge is 0.296 e. The van der Waals surface area contributed by atoms with Gasteiger partial charge >= 0.3 is 0 Å². The Balaban J connectivity index is 1.66. The van der Waals surface area contributed by atoms with E-state index < -0.39 is 0 Å². The maximum atomic E-state index is 12.6. The second-order valence-electron chi connectivity index (χ2n) is 6.13. The summed E-state index contributed by atoms with van der Waals surface area (Å²) in [5.41, 5.74) is 3.21. The van der Waals surface area contributed by atoms with Gasteiger partial charge in [-0.15, -0.1) is 11.3 Å². The fourth-order valence-corrected chi connectivity index (χ4v) is 5.43. The van der Waals surface area contributed by atoms with Gasteiger partial charge in [0.15, 0.2) is 15.2 Å². The van der Waals surface area contributed by atoms with Crippen LogP contribution in [0.1, 0.15) is 36.1 Å². The monoisotopic (exact) mass is 403 g/mol. The molecule has 0 bridgehead atoms. The Hall–Kier alpha value is -1.97. The van der Waals surface area contributed by atoms with Crippen molar-refractivity contribution in [2.45, 2.75) is 31.2 Å². The molecule has 6 nitrogen and oxygen atoms in total. The second-order valence-corrected chi connectivity index (χ2v) is 9.18. The summed E-state index contributed by atoms with van der Waals surface area (Å²) in [5, 5.41) is 7.86. The first-order valence-corrected chi connectivity index (χ1v) is 10.9. The Labute approximate surface area is 162 Å². The van der Waals surface area contributed by atoms with Crippen LogP contribution in [0.15, 0.2) is 22.5 Å². The Morgan fingerprint density at radius 3 is 2.54 bits per heavy atom. The van der Waals surface area contributed by atoms with Crippen LogP contribution in [0.25, 0.3) is 20.4 Å². The van der Waals surface area contributed by atoms with Crippen LogP contribution in [-0.4, -0.2) is 31.9 Å². The summed E-state index contributed by atoms with van der Waals surface area (Å²) in [4.78, 5) is 21.7. The van der Waals surface area contributed by atoms with Crippen molar-refractivity contribution in [1.82, 2.24) is 19.7 Å². The van der Waals surface area contributed by atoms with Crippen LogP contribution < -0.4 is 5.32 Å². The fourth-order valence-electron chi connectivity index (χ4n) is 2.78. The van der Waals surface area contributed by atoms with Crippen LogP contribution in [-0.2, 0) is 0 Å². The number of hydrogen-bond donors (Lipinski definition) is 1. The topological polar surface area (TPSA) is 72.7 Å². The van der Waals surface area contributed by atoms with Gasteiger partial charge in [-0.05, 0) is 45.2 Å². The first kappa shape index (κ1) is 17.4. The molecule has 0 saturated carbocycles. The van der Waals surface area contributed by atoms with Crippen LogP contribution >= 0.6 is 34.4 Å². The van der Waals surface area contributed by atoms with Crippen molar-refractivity contribution in [2.75, 3.05) is 11.6 Å². The third-order valence-corrected chi connectivity index (χ3v) is 7.14. The molecule has 9 heteroatoms. The molecule has 134 valence electrons. The van der Waals surface area contributed by atoms with E-state index in [9.17, 15) is 4.79 Å². The minimum atomic E-state index is -0.239. The highest BCUT2D eigenvalue weighted by atomic mass is 32.2. The normalized spacial score (nSPS) is 11.7. The molecule has 26 heavy (non-hydrogen) atoms. The van der Waals surface area contributed by atoms with Gasteiger partial charge in [-0.1, -0.05) is 23.1 Å². The van der Waals surface area contributed by atoms with E-state index in [2.05, 4.69) is 20.4 Å². The van der Waals surface area contributed by atoms with Gasteiger partial charge in [0, 0.05) is 11.7 Å². The van der Waals surface area contributed by atoms with Gasteiger partial charge in [0.1, 0.15) is 0 Å².